The third-order valence-electron chi connectivity index (χ3n) is 2.16. The standard InChI is InChI=1S/C12H18.CH4O/c1-2-3-4-6-9-12-10-7-5-8-11-12;1-2/h5,7-8,10-11H,2-4,6,9H2,1H3;2H,1H3. The van der Waals surface area contributed by atoms with Crippen molar-refractivity contribution in [2.75, 3.05) is 7.11 Å². The highest BCUT2D eigenvalue weighted by atomic mass is 16.2. The van der Waals surface area contributed by atoms with Crippen molar-refractivity contribution in [1.29, 1.82) is 0 Å². The lowest BCUT2D eigenvalue weighted by atomic mass is 10.1. The molecule has 1 aromatic carbocycles. The van der Waals surface area contributed by atoms with Gasteiger partial charge in [-0.1, -0.05) is 56.5 Å². The maximum atomic E-state index is 7.00. The molecule has 0 unspecified atom stereocenters. The lowest BCUT2D eigenvalue weighted by Gasteiger charge is -1.99. The van der Waals surface area contributed by atoms with Crippen molar-refractivity contribution in [2.24, 2.45) is 0 Å². The minimum absolute atomic E-state index is 1.00. The number of hydrogen-bond acceptors (Lipinski definition) is 1. The van der Waals surface area contributed by atoms with Crippen LogP contribution in [0.25, 0.3) is 0 Å². The molecule has 1 rings (SSSR count). The van der Waals surface area contributed by atoms with Gasteiger partial charge in [0, 0.05) is 7.11 Å². The van der Waals surface area contributed by atoms with E-state index in [2.05, 4.69) is 37.3 Å². The molecule has 1 aromatic rings. The van der Waals surface area contributed by atoms with Crippen molar-refractivity contribution < 1.29 is 5.11 Å². The number of hydrogen-bond donors (Lipinski definition) is 1. The predicted octanol–water partition coefficient (Wildman–Crippen LogP) is 3.42. The van der Waals surface area contributed by atoms with Gasteiger partial charge >= 0.3 is 0 Å². The Morgan fingerprint density at radius 1 is 0.929 bits per heavy atom. The number of rotatable bonds is 5. The van der Waals surface area contributed by atoms with Crippen LogP contribution < -0.4 is 0 Å². The number of benzene rings is 1. The van der Waals surface area contributed by atoms with Crippen LogP contribution in [0.5, 0.6) is 0 Å². The van der Waals surface area contributed by atoms with Crippen LogP contribution in [0.1, 0.15) is 38.2 Å². The van der Waals surface area contributed by atoms with Gasteiger partial charge in [0.1, 0.15) is 0 Å². The fourth-order valence-corrected chi connectivity index (χ4v) is 1.40. The molecule has 0 atom stereocenters. The first kappa shape index (κ1) is 13.2. The minimum atomic E-state index is 1.00. The summed E-state index contributed by atoms with van der Waals surface area (Å²) in [7, 11) is 1.00. The van der Waals surface area contributed by atoms with Crippen LogP contribution in [0.15, 0.2) is 30.3 Å². The molecule has 0 aliphatic carbocycles. The van der Waals surface area contributed by atoms with Gasteiger partial charge in [0.05, 0.1) is 0 Å². The molecule has 0 amide bonds. The third-order valence-corrected chi connectivity index (χ3v) is 2.16. The van der Waals surface area contributed by atoms with E-state index in [1.807, 2.05) is 0 Å². The van der Waals surface area contributed by atoms with Gasteiger partial charge in [-0.3, -0.25) is 0 Å². The molecule has 0 spiro atoms. The maximum Gasteiger partial charge on any atom is 0.0319 e. The average molecular weight is 194 g/mol. The second kappa shape index (κ2) is 10.3. The van der Waals surface area contributed by atoms with Crippen molar-refractivity contribution in [3.63, 3.8) is 0 Å². The summed E-state index contributed by atoms with van der Waals surface area (Å²) in [5, 5.41) is 7.00. The Hall–Kier alpha value is -0.820. The lowest BCUT2D eigenvalue weighted by Crippen LogP contribution is -1.84. The van der Waals surface area contributed by atoms with Gasteiger partial charge in [-0.15, -0.1) is 0 Å². The Morgan fingerprint density at radius 2 is 1.57 bits per heavy atom. The molecule has 80 valence electrons. The van der Waals surface area contributed by atoms with Gasteiger partial charge in [-0.05, 0) is 18.4 Å². The van der Waals surface area contributed by atoms with Crippen molar-refractivity contribution in [3.05, 3.63) is 35.9 Å². The van der Waals surface area contributed by atoms with E-state index in [0.717, 1.165) is 7.11 Å². The molecule has 0 radical (unpaired) electrons. The minimum Gasteiger partial charge on any atom is -0.400 e. The summed E-state index contributed by atoms with van der Waals surface area (Å²) in [5.41, 5.74) is 1.48. The van der Waals surface area contributed by atoms with E-state index < -0.39 is 0 Å². The molecule has 1 heteroatoms. The average Bonchev–Trinajstić information content (AvgIpc) is 2.29. The van der Waals surface area contributed by atoms with E-state index in [4.69, 9.17) is 5.11 Å². The first-order valence-electron chi connectivity index (χ1n) is 5.42. The molecule has 0 fully saturated rings. The second-order valence-electron chi connectivity index (χ2n) is 3.30. The van der Waals surface area contributed by atoms with Crippen molar-refractivity contribution in [3.8, 4) is 0 Å². The van der Waals surface area contributed by atoms with Gasteiger partial charge in [0.2, 0.25) is 0 Å². The Labute approximate surface area is 87.8 Å². The van der Waals surface area contributed by atoms with Crippen molar-refractivity contribution in [2.45, 2.75) is 39.0 Å². The monoisotopic (exact) mass is 194 g/mol. The predicted molar refractivity (Wildman–Crippen MR) is 62.4 cm³/mol. The van der Waals surface area contributed by atoms with Gasteiger partial charge in [0.15, 0.2) is 0 Å². The molecule has 0 bridgehead atoms. The summed E-state index contributed by atoms with van der Waals surface area (Å²) in [4.78, 5) is 0. The summed E-state index contributed by atoms with van der Waals surface area (Å²) in [6.07, 6.45) is 6.69. The van der Waals surface area contributed by atoms with Gasteiger partial charge in [0.25, 0.3) is 0 Å². The zero-order chi connectivity index (χ0) is 10.6. The highest BCUT2D eigenvalue weighted by Crippen LogP contribution is 2.06. The van der Waals surface area contributed by atoms with E-state index in [1.165, 1.54) is 37.7 Å². The largest absolute Gasteiger partial charge is 0.400 e. The summed E-state index contributed by atoms with van der Waals surface area (Å²) in [5.74, 6) is 0. The van der Waals surface area contributed by atoms with E-state index >= 15 is 0 Å². The zero-order valence-corrected chi connectivity index (χ0v) is 9.37. The fourth-order valence-electron chi connectivity index (χ4n) is 1.40. The maximum absolute atomic E-state index is 7.00. The van der Waals surface area contributed by atoms with Gasteiger partial charge in [-0.2, -0.15) is 0 Å². The molecule has 14 heavy (non-hydrogen) atoms. The SMILES string of the molecule is CCCCCCc1ccccc1.CO. The van der Waals surface area contributed by atoms with E-state index in [0.29, 0.717) is 0 Å². The summed E-state index contributed by atoms with van der Waals surface area (Å²) in [6, 6.07) is 10.7. The second-order valence-corrected chi connectivity index (χ2v) is 3.30. The fraction of sp³-hybridized carbons (Fsp3) is 0.538. The van der Waals surface area contributed by atoms with E-state index in [9.17, 15) is 0 Å². The van der Waals surface area contributed by atoms with Crippen LogP contribution in [-0.4, -0.2) is 12.2 Å². The van der Waals surface area contributed by atoms with Crippen LogP contribution in [0.4, 0.5) is 0 Å². The summed E-state index contributed by atoms with van der Waals surface area (Å²) < 4.78 is 0. The summed E-state index contributed by atoms with van der Waals surface area (Å²) >= 11 is 0. The van der Waals surface area contributed by atoms with Crippen LogP contribution in [0.3, 0.4) is 0 Å². The lowest BCUT2D eigenvalue weighted by molar-refractivity contribution is 0.399. The topological polar surface area (TPSA) is 20.2 Å². The van der Waals surface area contributed by atoms with Crippen molar-refractivity contribution >= 4 is 0 Å². The van der Waals surface area contributed by atoms with Crippen LogP contribution in [0.2, 0.25) is 0 Å². The molecule has 0 aromatic heterocycles. The Kier molecular flexibility index (Phi) is 9.66. The third kappa shape index (κ3) is 6.67. The van der Waals surface area contributed by atoms with Crippen LogP contribution in [0, 0.1) is 0 Å². The first-order chi connectivity index (χ1) is 6.93. The smallest absolute Gasteiger partial charge is 0.0319 e. The number of aliphatic hydroxyl groups is 1. The number of aliphatic hydroxyl groups excluding tert-OH is 1. The Balaban J connectivity index is 0.000000791. The van der Waals surface area contributed by atoms with E-state index in [-0.39, 0.29) is 0 Å². The Morgan fingerprint density at radius 3 is 2.14 bits per heavy atom. The Bertz CT molecular complexity index is 194. The normalized spacial score (nSPS) is 9.07. The van der Waals surface area contributed by atoms with Crippen LogP contribution >= 0.6 is 0 Å². The molecule has 1 N–H and O–H groups in total. The van der Waals surface area contributed by atoms with Crippen LogP contribution in [-0.2, 0) is 6.42 Å². The first-order valence-corrected chi connectivity index (χ1v) is 5.42. The molecule has 0 saturated carbocycles. The molecule has 0 aliphatic heterocycles. The van der Waals surface area contributed by atoms with Gasteiger partial charge in [-0.25, -0.2) is 0 Å². The molecule has 0 heterocycles. The number of unbranched alkanes of at least 4 members (excludes halogenated alkanes) is 3. The molecule has 0 aliphatic rings. The zero-order valence-electron chi connectivity index (χ0n) is 9.37. The molecule has 1 nitrogen and oxygen atoms in total. The highest BCUT2D eigenvalue weighted by Gasteiger charge is 1.90. The molecular formula is C13H22O. The summed E-state index contributed by atoms with van der Waals surface area (Å²) in [6.45, 7) is 2.25. The van der Waals surface area contributed by atoms with Crippen molar-refractivity contribution in [1.82, 2.24) is 0 Å². The van der Waals surface area contributed by atoms with Gasteiger partial charge < -0.3 is 5.11 Å². The molecule has 0 saturated heterocycles. The quantitative estimate of drug-likeness (QED) is 0.712. The number of aryl methyl sites for hydroxylation is 1. The van der Waals surface area contributed by atoms with E-state index in [1.54, 1.807) is 0 Å². The highest BCUT2D eigenvalue weighted by molar-refractivity contribution is 5.14. The molecular weight excluding hydrogens is 172 g/mol.